The summed E-state index contributed by atoms with van der Waals surface area (Å²) in [6, 6.07) is 8.30. The monoisotopic (exact) mass is 368 g/mol. The van der Waals surface area contributed by atoms with Gasteiger partial charge in [-0.25, -0.2) is 0 Å². The second-order valence-corrected chi connectivity index (χ2v) is 6.77. The predicted molar refractivity (Wildman–Crippen MR) is 96.7 cm³/mol. The van der Waals surface area contributed by atoms with Crippen LogP contribution >= 0.6 is 23.7 Å². The van der Waals surface area contributed by atoms with E-state index in [1.54, 1.807) is 0 Å². The van der Waals surface area contributed by atoms with Gasteiger partial charge in [-0.05, 0) is 25.3 Å². The quantitative estimate of drug-likeness (QED) is 0.845. The third kappa shape index (κ3) is 4.73. The molecule has 1 aliphatic rings. The van der Waals surface area contributed by atoms with Crippen LogP contribution in [0.15, 0.2) is 24.3 Å². The van der Waals surface area contributed by atoms with Crippen molar-refractivity contribution in [2.75, 3.05) is 11.9 Å². The number of benzene rings is 1. The van der Waals surface area contributed by atoms with Crippen LogP contribution in [0.5, 0.6) is 0 Å². The van der Waals surface area contributed by atoms with Crippen molar-refractivity contribution in [2.45, 2.75) is 38.4 Å². The predicted octanol–water partition coefficient (Wildman–Crippen LogP) is 2.30. The van der Waals surface area contributed by atoms with Gasteiger partial charge >= 0.3 is 0 Å². The molecule has 1 aromatic carbocycles. The summed E-state index contributed by atoms with van der Waals surface area (Å²) in [7, 11) is 0. The topological polar surface area (TPSA) is 90.1 Å². The number of nitrogens with zero attached hydrogens (tertiary/aromatic N) is 2. The summed E-state index contributed by atoms with van der Waals surface area (Å²) in [6.45, 7) is 2.51. The number of anilines is 1. The van der Waals surface area contributed by atoms with Gasteiger partial charge in [0.25, 0.3) is 5.91 Å². The highest BCUT2D eigenvalue weighted by Crippen LogP contribution is 2.23. The zero-order valence-corrected chi connectivity index (χ0v) is 15.0. The van der Waals surface area contributed by atoms with Crippen molar-refractivity contribution < 1.29 is 9.53 Å². The number of carbonyl (C=O) groups is 1. The van der Waals surface area contributed by atoms with Gasteiger partial charge in [0.1, 0.15) is 11.1 Å². The van der Waals surface area contributed by atoms with Crippen molar-refractivity contribution in [3.05, 3.63) is 40.4 Å². The number of aromatic nitrogens is 2. The number of hydrogen-bond donors (Lipinski definition) is 2. The number of halogens is 1. The molecule has 8 heteroatoms. The van der Waals surface area contributed by atoms with Crippen LogP contribution in [0.25, 0.3) is 0 Å². The van der Waals surface area contributed by atoms with Crippen LogP contribution < -0.4 is 11.1 Å². The van der Waals surface area contributed by atoms with E-state index in [9.17, 15) is 4.79 Å². The van der Waals surface area contributed by atoms with E-state index in [1.807, 2.05) is 0 Å². The molecule has 1 fully saturated rings. The fraction of sp³-hybridized carbons (Fsp3) is 0.438. The van der Waals surface area contributed by atoms with Gasteiger partial charge in [-0.2, -0.15) is 0 Å². The minimum Gasteiger partial charge on any atom is -0.364 e. The molecule has 0 spiro atoms. The maximum atomic E-state index is 12.1. The fourth-order valence-electron chi connectivity index (χ4n) is 2.51. The summed E-state index contributed by atoms with van der Waals surface area (Å²) in [5.74, 6) is -0.168. The molecule has 0 unspecified atom stereocenters. The SMILES string of the molecule is Cc1ccc(Cc2nnc(NC(=O)[C@@H]3CC[C@H](CN)O3)s2)cc1.Cl. The molecule has 2 heterocycles. The molecule has 2 aromatic rings. The van der Waals surface area contributed by atoms with Crippen LogP contribution in [-0.2, 0) is 16.0 Å². The van der Waals surface area contributed by atoms with Gasteiger partial charge in [-0.15, -0.1) is 22.6 Å². The number of carbonyl (C=O) groups excluding carboxylic acids is 1. The van der Waals surface area contributed by atoms with Crippen molar-refractivity contribution >= 4 is 34.8 Å². The zero-order valence-electron chi connectivity index (χ0n) is 13.4. The Morgan fingerprint density at radius 1 is 1.33 bits per heavy atom. The van der Waals surface area contributed by atoms with Gasteiger partial charge in [0, 0.05) is 13.0 Å². The van der Waals surface area contributed by atoms with Crippen molar-refractivity contribution in [1.82, 2.24) is 10.2 Å². The first kappa shape index (κ1) is 18.8. The number of amides is 1. The highest BCUT2D eigenvalue weighted by molar-refractivity contribution is 7.15. The number of ether oxygens (including phenoxy) is 1. The molecule has 6 nitrogen and oxygen atoms in total. The van der Waals surface area contributed by atoms with E-state index in [4.69, 9.17) is 10.5 Å². The highest BCUT2D eigenvalue weighted by atomic mass is 35.5. The average Bonchev–Trinajstić information content (AvgIpc) is 3.19. The molecular weight excluding hydrogens is 348 g/mol. The first-order chi connectivity index (χ1) is 11.1. The van der Waals surface area contributed by atoms with E-state index in [-0.39, 0.29) is 24.4 Å². The lowest BCUT2D eigenvalue weighted by Gasteiger charge is -2.10. The van der Waals surface area contributed by atoms with Gasteiger partial charge in [0.15, 0.2) is 0 Å². The van der Waals surface area contributed by atoms with Gasteiger partial charge < -0.3 is 10.5 Å². The van der Waals surface area contributed by atoms with Crippen LogP contribution in [0, 0.1) is 6.92 Å². The summed E-state index contributed by atoms with van der Waals surface area (Å²) in [6.07, 6.45) is 1.78. The summed E-state index contributed by atoms with van der Waals surface area (Å²) in [5, 5.41) is 12.3. The van der Waals surface area contributed by atoms with Crippen molar-refractivity contribution in [2.24, 2.45) is 5.73 Å². The normalized spacial score (nSPS) is 19.8. The van der Waals surface area contributed by atoms with Gasteiger partial charge in [-0.1, -0.05) is 41.2 Å². The molecule has 3 N–H and O–H groups in total. The second-order valence-electron chi connectivity index (χ2n) is 5.71. The van der Waals surface area contributed by atoms with E-state index < -0.39 is 6.10 Å². The number of hydrogen-bond acceptors (Lipinski definition) is 6. The molecule has 1 saturated heterocycles. The minimum absolute atomic E-state index is 0. The lowest BCUT2D eigenvalue weighted by Crippen LogP contribution is -2.29. The summed E-state index contributed by atoms with van der Waals surface area (Å²) in [5.41, 5.74) is 7.96. The summed E-state index contributed by atoms with van der Waals surface area (Å²) in [4.78, 5) is 12.1. The lowest BCUT2D eigenvalue weighted by atomic mass is 10.1. The fourth-order valence-corrected chi connectivity index (χ4v) is 3.29. The van der Waals surface area contributed by atoms with Gasteiger partial charge in [0.2, 0.25) is 5.13 Å². The van der Waals surface area contributed by atoms with Gasteiger partial charge in [0.05, 0.1) is 6.10 Å². The van der Waals surface area contributed by atoms with Crippen molar-refractivity contribution in [3.8, 4) is 0 Å². The summed E-state index contributed by atoms with van der Waals surface area (Å²) < 4.78 is 5.58. The zero-order chi connectivity index (χ0) is 16.2. The minimum atomic E-state index is -0.437. The van der Waals surface area contributed by atoms with Crippen LogP contribution in [0.1, 0.15) is 29.0 Å². The molecule has 1 aliphatic heterocycles. The van der Waals surface area contributed by atoms with Crippen molar-refractivity contribution in [3.63, 3.8) is 0 Å². The Bertz CT molecular complexity index is 677. The van der Waals surface area contributed by atoms with E-state index in [0.717, 1.165) is 11.4 Å². The van der Waals surface area contributed by atoms with E-state index in [1.165, 1.54) is 22.5 Å². The number of nitrogens with two attached hydrogens (primary N) is 1. The maximum absolute atomic E-state index is 12.1. The third-order valence-corrected chi connectivity index (χ3v) is 4.67. The van der Waals surface area contributed by atoms with E-state index >= 15 is 0 Å². The highest BCUT2D eigenvalue weighted by Gasteiger charge is 2.30. The molecule has 0 saturated carbocycles. The Morgan fingerprint density at radius 3 is 2.75 bits per heavy atom. The van der Waals surface area contributed by atoms with Gasteiger partial charge in [-0.3, -0.25) is 10.1 Å². The average molecular weight is 369 g/mol. The Kier molecular flexibility index (Phi) is 6.68. The molecule has 0 bridgehead atoms. The number of aryl methyl sites for hydroxylation is 1. The van der Waals surface area contributed by atoms with Crippen LogP contribution in [0.2, 0.25) is 0 Å². The molecule has 130 valence electrons. The molecule has 0 radical (unpaired) electrons. The third-order valence-electron chi connectivity index (χ3n) is 3.84. The molecule has 3 rings (SSSR count). The Labute approximate surface area is 151 Å². The molecular formula is C16H21ClN4O2S. The Balaban J connectivity index is 0.00000208. The molecule has 24 heavy (non-hydrogen) atoms. The standard InChI is InChI=1S/C16H20N4O2S.ClH/c1-10-2-4-11(5-3-10)8-14-19-20-16(23-14)18-15(21)13-7-6-12(9-17)22-13;/h2-5,12-13H,6-9,17H2,1H3,(H,18,20,21);1H/t12-,13+;/m1./s1. The largest absolute Gasteiger partial charge is 0.364 e. The first-order valence-corrected chi connectivity index (χ1v) is 8.50. The molecule has 1 aromatic heterocycles. The Hall–Kier alpha value is -1.54. The van der Waals surface area contributed by atoms with E-state index in [2.05, 4.69) is 46.7 Å². The lowest BCUT2D eigenvalue weighted by molar-refractivity contribution is -0.126. The number of rotatable bonds is 5. The van der Waals surface area contributed by atoms with Crippen LogP contribution in [0.3, 0.4) is 0 Å². The number of nitrogens with one attached hydrogen (secondary N) is 1. The van der Waals surface area contributed by atoms with Crippen LogP contribution in [0.4, 0.5) is 5.13 Å². The maximum Gasteiger partial charge on any atom is 0.255 e. The van der Waals surface area contributed by atoms with E-state index in [0.29, 0.717) is 24.5 Å². The van der Waals surface area contributed by atoms with Crippen LogP contribution in [-0.4, -0.2) is 34.9 Å². The Morgan fingerprint density at radius 2 is 2.08 bits per heavy atom. The summed E-state index contributed by atoms with van der Waals surface area (Å²) >= 11 is 1.39. The first-order valence-electron chi connectivity index (χ1n) is 7.68. The molecule has 2 atom stereocenters. The molecule has 0 aliphatic carbocycles. The smallest absolute Gasteiger partial charge is 0.255 e. The molecule has 1 amide bonds. The van der Waals surface area contributed by atoms with Crippen molar-refractivity contribution in [1.29, 1.82) is 0 Å². The second kappa shape index (κ2) is 8.53.